The summed E-state index contributed by atoms with van der Waals surface area (Å²) < 4.78 is 37.7. The SMILES string of the molecule is N#Cc1cc(-n2c3ccc(-c4nc(-c5ccccc5)nc(-c5ccccc5)n4)cc3c3cc(-c4nc(-c5ccccc5)nc(-c5ccccc5)n4)ccc32)c(-c2cc(F)cc(F)c2)c(-n2c3ccc(-c4nc(-c5ccccc5)nc(-c5ccccc5)n4)cc3c3cc(-c4nc(-c5ccccc5)nc(-c5ccccc5)n4)ccc32)c1. The lowest BCUT2D eigenvalue weighted by atomic mass is 9.97. The third kappa shape index (κ3) is 12.6. The van der Waals surface area contributed by atoms with Crippen LogP contribution < -0.4 is 0 Å². The van der Waals surface area contributed by atoms with Crippen molar-refractivity contribution >= 4 is 43.6 Å². The molecule has 0 amide bonds. The van der Waals surface area contributed by atoms with Gasteiger partial charge in [-0.05, 0) is 103 Å². The van der Waals surface area contributed by atoms with E-state index in [-0.39, 0.29) is 11.1 Å². The second kappa shape index (κ2) is 28.6. The monoisotopic (exact) mass is 1470 g/mol. The van der Waals surface area contributed by atoms with Gasteiger partial charge in [0.2, 0.25) is 0 Å². The summed E-state index contributed by atoms with van der Waals surface area (Å²) in [6.07, 6.45) is 0. The molecule has 0 N–H and O–H groups in total. The molecule has 0 fully saturated rings. The molecule has 0 unspecified atom stereocenters. The van der Waals surface area contributed by atoms with E-state index in [4.69, 9.17) is 59.8 Å². The zero-order chi connectivity index (χ0) is 76.2. The summed E-state index contributed by atoms with van der Waals surface area (Å²) >= 11 is 0. The van der Waals surface area contributed by atoms with Crippen LogP contribution in [-0.2, 0) is 0 Å². The molecule has 14 aromatic carbocycles. The normalized spacial score (nSPS) is 11.4. The van der Waals surface area contributed by atoms with E-state index in [2.05, 4.69) is 39.5 Å². The van der Waals surface area contributed by atoms with E-state index in [1.54, 1.807) is 12.1 Å². The summed E-state index contributed by atoms with van der Waals surface area (Å²) in [5, 5.41) is 14.6. The van der Waals surface area contributed by atoms with E-state index in [1.165, 1.54) is 12.1 Å². The molecule has 0 aliphatic carbocycles. The van der Waals surface area contributed by atoms with Crippen LogP contribution in [0.1, 0.15) is 5.56 Å². The molecule has 0 saturated heterocycles. The van der Waals surface area contributed by atoms with Crippen LogP contribution >= 0.6 is 0 Å². The highest BCUT2D eigenvalue weighted by molar-refractivity contribution is 6.14. The molecular weight excluding hydrogens is 1410 g/mol. The van der Waals surface area contributed by atoms with Crippen LogP contribution in [0.2, 0.25) is 0 Å². The van der Waals surface area contributed by atoms with E-state index >= 15 is 8.78 Å². The predicted octanol–water partition coefficient (Wildman–Crippen LogP) is 22.4. The second-order valence-corrected chi connectivity index (χ2v) is 27.4. The molecule has 0 aliphatic rings. The number of rotatable bonds is 15. The Bertz CT molecular complexity index is 6160. The van der Waals surface area contributed by atoms with Gasteiger partial charge in [0.05, 0.1) is 45.1 Å². The summed E-state index contributed by atoms with van der Waals surface area (Å²) in [5.41, 5.74) is 13.4. The van der Waals surface area contributed by atoms with Crippen molar-refractivity contribution in [1.82, 2.24) is 68.9 Å². The summed E-state index contributed by atoms with van der Waals surface area (Å²) in [6.45, 7) is 0. The molecule has 0 spiro atoms. The first-order chi connectivity index (χ1) is 56.2. The van der Waals surface area contributed by atoms with E-state index in [0.717, 1.165) is 72.1 Å². The Kier molecular flexibility index (Phi) is 16.9. The Labute approximate surface area is 651 Å². The van der Waals surface area contributed by atoms with Gasteiger partial charge in [0, 0.05) is 99.9 Å². The Morgan fingerprint density at radius 3 is 0.588 bits per heavy atom. The van der Waals surface area contributed by atoms with Crippen LogP contribution in [0.15, 0.2) is 346 Å². The number of hydrogen-bond acceptors (Lipinski definition) is 13. The molecule has 6 heterocycles. The van der Waals surface area contributed by atoms with Gasteiger partial charge in [-0.2, -0.15) is 5.26 Å². The minimum atomic E-state index is -0.812. The third-order valence-electron chi connectivity index (χ3n) is 20.2. The van der Waals surface area contributed by atoms with Crippen LogP contribution in [0.3, 0.4) is 0 Å². The highest BCUT2D eigenvalue weighted by Crippen LogP contribution is 2.46. The molecular formula is C97H57F2N15. The van der Waals surface area contributed by atoms with Crippen LogP contribution in [0.4, 0.5) is 8.78 Å². The van der Waals surface area contributed by atoms with Crippen molar-refractivity contribution in [2.45, 2.75) is 0 Å². The molecule has 534 valence electrons. The van der Waals surface area contributed by atoms with Crippen molar-refractivity contribution < 1.29 is 8.78 Å². The zero-order valence-electron chi connectivity index (χ0n) is 60.4. The van der Waals surface area contributed by atoms with Crippen LogP contribution in [-0.4, -0.2) is 68.9 Å². The van der Waals surface area contributed by atoms with Gasteiger partial charge < -0.3 is 9.13 Å². The molecule has 6 aromatic heterocycles. The quantitative estimate of drug-likeness (QED) is 0.0944. The number of halogens is 2. The molecule has 20 rings (SSSR count). The number of nitrogens with zero attached hydrogens (tertiary/aromatic N) is 15. The second-order valence-electron chi connectivity index (χ2n) is 27.4. The molecule has 0 saturated carbocycles. The van der Waals surface area contributed by atoms with E-state index in [0.29, 0.717) is 131 Å². The molecule has 0 atom stereocenters. The Balaban J connectivity index is 0.864. The third-order valence-corrected chi connectivity index (χ3v) is 20.2. The topological polar surface area (TPSA) is 188 Å². The fraction of sp³-hybridized carbons (Fsp3) is 0. The Hall–Kier alpha value is -15.9. The van der Waals surface area contributed by atoms with Crippen molar-refractivity contribution in [3.8, 4) is 165 Å². The zero-order valence-corrected chi connectivity index (χ0v) is 60.4. The van der Waals surface area contributed by atoms with Crippen LogP contribution in [0, 0.1) is 23.0 Å². The van der Waals surface area contributed by atoms with Gasteiger partial charge >= 0.3 is 0 Å². The van der Waals surface area contributed by atoms with E-state index in [1.807, 2.05) is 291 Å². The Morgan fingerprint density at radius 1 is 0.202 bits per heavy atom. The maximum atomic E-state index is 16.8. The lowest BCUT2D eigenvalue weighted by molar-refractivity contribution is 0.584. The molecule has 20 aromatic rings. The van der Waals surface area contributed by atoms with Gasteiger partial charge in [-0.1, -0.05) is 243 Å². The summed E-state index contributed by atoms with van der Waals surface area (Å²) in [6, 6.07) is 112. The molecule has 0 aliphatic heterocycles. The lowest BCUT2D eigenvalue weighted by Gasteiger charge is -2.21. The average Bonchev–Trinajstić information content (AvgIpc) is 1.54. The van der Waals surface area contributed by atoms with Crippen molar-refractivity contribution in [3.63, 3.8) is 0 Å². The standard InChI is InChI=1S/C97H57F2N15/c98-73-51-72(52-74(99)57-73)85-83(113-79-45-41-68(94-105-86(60-25-9-1-10-26-60)101-87(106-94)61-27-11-2-12-28-61)53-75(79)76-54-69(42-46-80(76)113)95-107-88(62-29-13-3-14-30-62)102-89(108-95)63-31-15-4-16-32-63)49-59(58-100)50-84(85)114-81-47-43-70(96-109-90(64-33-17-5-18-34-64)103-91(110-96)65-35-19-6-20-36-65)55-77(81)78-56-71(44-48-82(78)114)97-111-92(66-37-21-7-22-38-66)104-93(112-97)67-39-23-8-24-40-67/h1-57H. The average molecular weight is 1470 g/mol. The minimum absolute atomic E-state index is 0.187. The van der Waals surface area contributed by atoms with Crippen molar-refractivity contribution in [1.29, 1.82) is 5.26 Å². The summed E-state index contributed by atoms with van der Waals surface area (Å²) in [5.74, 6) is 3.86. The van der Waals surface area contributed by atoms with Gasteiger partial charge in [0.25, 0.3) is 0 Å². The first-order valence-corrected chi connectivity index (χ1v) is 36.9. The molecule has 17 heteroatoms. The number of aromatic nitrogens is 14. The fourth-order valence-electron chi connectivity index (χ4n) is 14.9. The van der Waals surface area contributed by atoms with Gasteiger partial charge in [-0.25, -0.2) is 68.6 Å². The van der Waals surface area contributed by atoms with Crippen molar-refractivity contribution in [2.75, 3.05) is 0 Å². The first-order valence-electron chi connectivity index (χ1n) is 36.9. The highest BCUT2D eigenvalue weighted by atomic mass is 19.1. The minimum Gasteiger partial charge on any atom is -0.308 e. The number of fused-ring (bicyclic) bond motifs is 6. The summed E-state index contributed by atoms with van der Waals surface area (Å²) in [7, 11) is 0. The Morgan fingerprint density at radius 2 is 0.395 bits per heavy atom. The van der Waals surface area contributed by atoms with Crippen molar-refractivity contribution in [2.24, 2.45) is 0 Å². The van der Waals surface area contributed by atoms with Crippen molar-refractivity contribution in [3.05, 3.63) is 363 Å². The van der Waals surface area contributed by atoms with Gasteiger partial charge in [0.1, 0.15) is 11.6 Å². The number of nitriles is 1. The molecule has 114 heavy (non-hydrogen) atoms. The van der Waals surface area contributed by atoms with Crippen LogP contribution in [0.25, 0.3) is 203 Å². The fourth-order valence-corrected chi connectivity index (χ4v) is 14.9. The van der Waals surface area contributed by atoms with Gasteiger partial charge in [-0.15, -0.1) is 0 Å². The highest BCUT2D eigenvalue weighted by Gasteiger charge is 2.28. The molecule has 15 nitrogen and oxygen atoms in total. The summed E-state index contributed by atoms with van der Waals surface area (Å²) in [4.78, 5) is 61.8. The van der Waals surface area contributed by atoms with Crippen LogP contribution in [0.5, 0.6) is 0 Å². The van der Waals surface area contributed by atoms with E-state index in [9.17, 15) is 5.26 Å². The maximum absolute atomic E-state index is 16.8. The molecule has 0 bridgehead atoms. The maximum Gasteiger partial charge on any atom is 0.164 e. The lowest BCUT2D eigenvalue weighted by Crippen LogP contribution is -2.06. The van der Waals surface area contributed by atoms with Gasteiger partial charge in [0.15, 0.2) is 69.9 Å². The molecule has 0 radical (unpaired) electrons. The predicted molar refractivity (Wildman–Crippen MR) is 444 cm³/mol. The smallest absolute Gasteiger partial charge is 0.164 e. The largest absolute Gasteiger partial charge is 0.308 e. The van der Waals surface area contributed by atoms with E-state index < -0.39 is 11.6 Å². The number of hydrogen-bond donors (Lipinski definition) is 0. The first kappa shape index (κ1) is 67.4. The number of benzene rings is 14. The van der Waals surface area contributed by atoms with Gasteiger partial charge in [-0.3, -0.25) is 0 Å².